The van der Waals surface area contributed by atoms with Gasteiger partial charge in [-0.15, -0.1) is 0 Å². The summed E-state index contributed by atoms with van der Waals surface area (Å²) in [7, 11) is 1.96. The van der Waals surface area contributed by atoms with E-state index in [4.69, 9.17) is 4.74 Å². The third-order valence-electron chi connectivity index (χ3n) is 3.31. The second-order valence-electron chi connectivity index (χ2n) is 6.00. The number of hydrogen-bond donors (Lipinski definition) is 2. The fourth-order valence-electron chi connectivity index (χ4n) is 2.20. The summed E-state index contributed by atoms with van der Waals surface area (Å²) in [5.41, 5.74) is 1.48. The maximum Gasteiger partial charge on any atom is 0.412 e. The molecule has 104 valence electrons. The fourth-order valence-corrected chi connectivity index (χ4v) is 2.20. The van der Waals surface area contributed by atoms with Gasteiger partial charge in [-0.25, -0.2) is 4.79 Å². The van der Waals surface area contributed by atoms with Crippen LogP contribution in [0.15, 0.2) is 24.3 Å². The third kappa shape index (κ3) is 3.26. The van der Waals surface area contributed by atoms with E-state index in [1.165, 1.54) is 0 Å². The van der Waals surface area contributed by atoms with E-state index in [1.807, 2.05) is 46.0 Å². The molecule has 0 radical (unpaired) electrons. The van der Waals surface area contributed by atoms with Gasteiger partial charge in [-0.2, -0.15) is 0 Å². The van der Waals surface area contributed by atoms with Crippen molar-refractivity contribution in [1.29, 1.82) is 0 Å². The van der Waals surface area contributed by atoms with Crippen LogP contribution in [0, 0.1) is 0 Å². The first-order valence-electron chi connectivity index (χ1n) is 6.65. The van der Waals surface area contributed by atoms with Crippen LogP contribution < -0.4 is 10.6 Å². The number of benzene rings is 1. The van der Waals surface area contributed by atoms with Crippen LogP contribution >= 0.6 is 0 Å². The van der Waals surface area contributed by atoms with E-state index in [0.717, 1.165) is 24.1 Å². The van der Waals surface area contributed by atoms with Gasteiger partial charge < -0.3 is 10.1 Å². The van der Waals surface area contributed by atoms with Crippen molar-refractivity contribution in [2.75, 3.05) is 12.4 Å². The minimum atomic E-state index is -0.487. The molecule has 2 N–H and O–H groups in total. The second kappa shape index (κ2) is 4.85. The molecule has 0 bridgehead atoms. The normalized spacial score (nSPS) is 16.8. The van der Waals surface area contributed by atoms with Crippen LogP contribution in [0.25, 0.3) is 0 Å². The minimum Gasteiger partial charge on any atom is -0.444 e. The van der Waals surface area contributed by atoms with E-state index in [9.17, 15) is 4.79 Å². The van der Waals surface area contributed by atoms with E-state index in [0.29, 0.717) is 0 Å². The summed E-state index contributed by atoms with van der Waals surface area (Å²) in [5.74, 6) is 0. The van der Waals surface area contributed by atoms with E-state index in [1.54, 1.807) is 0 Å². The molecular weight excluding hydrogens is 240 g/mol. The SMILES string of the molecule is CNC1(c2ccccc2NC(=O)OC(C)(C)C)CC1. The molecule has 1 aliphatic rings. The zero-order valence-electron chi connectivity index (χ0n) is 12.0. The summed E-state index contributed by atoms with van der Waals surface area (Å²) in [4.78, 5) is 11.9. The monoisotopic (exact) mass is 262 g/mol. The zero-order chi connectivity index (χ0) is 14.1. The van der Waals surface area contributed by atoms with Crippen molar-refractivity contribution in [2.45, 2.75) is 44.8 Å². The van der Waals surface area contributed by atoms with Crippen molar-refractivity contribution in [3.8, 4) is 0 Å². The number of hydrogen-bond acceptors (Lipinski definition) is 3. The van der Waals surface area contributed by atoms with Crippen LogP contribution in [-0.4, -0.2) is 18.7 Å². The molecule has 0 spiro atoms. The second-order valence-corrected chi connectivity index (χ2v) is 6.00. The van der Waals surface area contributed by atoms with Crippen molar-refractivity contribution in [3.63, 3.8) is 0 Å². The zero-order valence-corrected chi connectivity index (χ0v) is 12.0. The van der Waals surface area contributed by atoms with Gasteiger partial charge in [0, 0.05) is 11.2 Å². The molecule has 1 fully saturated rings. The maximum atomic E-state index is 11.9. The summed E-state index contributed by atoms with van der Waals surface area (Å²) in [6.45, 7) is 5.57. The van der Waals surface area contributed by atoms with Crippen LogP contribution in [0.2, 0.25) is 0 Å². The highest BCUT2D eigenvalue weighted by Crippen LogP contribution is 2.47. The number of carbonyl (C=O) groups is 1. The molecule has 1 saturated carbocycles. The number of anilines is 1. The summed E-state index contributed by atoms with van der Waals surface area (Å²) in [5, 5.41) is 6.18. The van der Waals surface area contributed by atoms with Crippen molar-refractivity contribution < 1.29 is 9.53 Å². The Labute approximate surface area is 114 Å². The molecule has 4 nitrogen and oxygen atoms in total. The van der Waals surface area contributed by atoms with Gasteiger partial charge in [-0.1, -0.05) is 18.2 Å². The largest absolute Gasteiger partial charge is 0.444 e. The lowest BCUT2D eigenvalue weighted by molar-refractivity contribution is 0.0635. The average Bonchev–Trinajstić information content (AvgIpc) is 3.08. The van der Waals surface area contributed by atoms with Crippen molar-refractivity contribution in [3.05, 3.63) is 29.8 Å². The van der Waals surface area contributed by atoms with Gasteiger partial charge in [-0.05, 0) is 52.3 Å². The molecule has 0 unspecified atom stereocenters. The minimum absolute atomic E-state index is 0.0195. The van der Waals surface area contributed by atoms with Gasteiger partial charge in [0.15, 0.2) is 0 Å². The van der Waals surface area contributed by atoms with Crippen LogP contribution in [0.4, 0.5) is 10.5 Å². The van der Waals surface area contributed by atoms with Gasteiger partial charge in [0.2, 0.25) is 0 Å². The molecule has 0 saturated heterocycles. The number of rotatable bonds is 3. The standard InChI is InChI=1S/C15H22N2O2/c1-14(2,3)19-13(18)17-12-8-6-5-7-11(12)15(16-4)9-10-15/h5-8,16H,9-10H2,1-4H3,(H,17,18). The van der Waals surface area contributed by atoms with Crippen molar-refractivity contribution in [1.82, 2.24) is 5.32 Å². The van der Waals surface area contributed by atoms with Gasteiger partial charge in [0.05, 0.1) is 0 Å². The van der Waals surface area contributed by atoms with Gasteiger partial charge >= 0.3 is 6.09 Å². The number of ether oxygens (including phenoxy) is 1. The molecule has 2 rings (SSSR count). The summed E-state index contributed by atoms with van der Waals surface area (Å²) in [6.07, 6.45) is 1.78. The molecule has 19 heavy (non-hydrogen) atoms. The molecule has 1 amide bonds. The summed E-state index contributed by atoms with van der Waals surface area (Å²) < 4.78 is 5.29. The number of carbonyl (C=O) groups excluding carboxylic acids is 1. The Morgan fingerprint density at radius 1 is 1.26 bits per heavy atom. The highest BCUT2D eigenvalue weighted by Gasteiger charge is 2.44. The first kappa shape index (κ1) is 13.9. The lowest BCUT2D eigenvalue weighted by Crippen LogP contribution is -2.29. The van der Waals surface area contributed by atoms with E-state index >= 15 is 0 Å². The molecule has 0 aliphatic heterocycles. The number of para-hydroxylation sites is 1. The predicted molar refractivity (Wildman–Crippen MR) is 76.3 cm³/mol. The molecule has 1 aromatic carbocycles. The number of nitrogens with one attached hydrogen (secondary N) is 2. The topological polar surface area (TPSA) is 50.4 Å². The van der Waals surface area contributed by atoms with E-state index in [2.05, 4.69) is 16.7 Å². The van der Waals surface area contributed by atoms with Crippen molar-refractivity contribution in [2.24, 2.45) is 0 Å². The summed E-state index contributed by atoms with van der Waals surface area (Å²) >= 11 is 0. The summed E-state index contributed by atoms with van der Waals surface area (Å²) in [6, 6.07) is 7.88. The Bertz CT molecular complexity index is 473. The van der Waals surface area contributed by atoms with Crippen LogP contribution in [0.1, 0.15) is 39.2 Å². The van der Waals surface area contributed by atoms with Crippen molar-refractivity contribution >= 4 is 11.8 Å². The van der Waals surface area contributed by atoms with Gasteiger partial charge in [0.1, 0.15) is 5.60 Å². The lowest BCUT2D eigenvalue weighted by Gasteiger charge is -2.22. The Morgan fingerprint density at radius 3 is 2.42 bits per heavy atom. The lowest BCUT2D eigenvalue weighted by atomic mass is 10.0. The molecule has 0 heterocycles. The third-order valence-corrected chi connectivity index (χ3v) is 3.31. The predicted octanol–water partition coefficient (Wildman–Crippen LogP) is 3.24. The average molecular weight is 262 g/mol. The van der Waals surface area contributed by atoms with Crippen LogP contribution in [0.3, 0.4) is 0 Å². The first-order chi connectivity index (χ1) is 8.86. The van der Waals surface area contributed by atoms with Crippen LogP contribution in [0.5, 0.6) is 0 Å². The highest BCUT2D eigenvalue weighted by atomic mass is 16.6. The molecule has 0 atom stereocenters. The molecule has 1 aromatic rings. The van der Waals surface area contributed by atoms with Crippen LogP contribution in [-0.2, 0) is 10.3 Å². The maximum absolute atomic E-state index is 11.9. The fraction of sp³-hybridized carbons (Fsp3) is 0.533. The molecule has 0 aromatic heterocycles. The first-order valence-corrected chi connectivity index (χ1v) is 6.65. The van der Waals surface area contributed by atoms with Gasteiger partial charge in [0.25, 0.3) is 0 Å². The highest BCUT2D eigenvalue weighted by molar-refractivity contribution is 5.86. The number of amides is 1. The smallest absolute Gasteiger partial charge is 0.412 e. The van der Waals surface area contributed by atoms with E-state index in [-0.39, 0.29) is 5.54 Å². The quantitative estimate of drug-likeness (QED) is 0.879. The Balaban J connectivity index is 2.15. The molecular formula is C15H22N2O2. The Hall–Kier alpha value is -1.55. The Morgan fingerprint density at radius 2 is 1.89 bits per heavy atom. The molecule has 1 aliphatic carbocycles. The molecule has 4 heteroatoms. The Kier molecular flexibility index (Phi) is 3.54. The van der Waals surface area contributed by atoms with E-state index < -0.39 is 11.7 Å². The van der Waals surface area contributed by atoms with Gasteiger partial charge in [-0.3, -0.25) is 5.32 Å².